The van der Waals surface area contributed by atoms with Crippen LogP contribution in [-0.4, -0.2) is 48.3 Å². The molecule has 0 bridgehead atoms. The van der Waals surface area contributed by atoms with Crippen LogP contribution >= 0.6 is 0 Å². The van der Waals surface area contributed by atoms with Crippen LogP contribution < -0.4 is 0 Å². The van der Waals surface area contributed by atoms with Gasteiger partial charge < -0.3 is 28.4 Å². The lowest BCUT2D eigenvalue weighted by Crippen LogP contribution is -2.43. The first-order valence-corrected chi connectivity index (χ1v) is 15.5. The first-order valence-electron chi connectivity index (χ1n) is 15.5. The van der Waals surface area contributed by atoms with Crippen molar-refractivity contribution in [3.63, 3.8) is 0 Å². The molecule has 4 rings (SSSR count). The van der Waals surface area contributed by atoms with E-state index >= 15 is 0 Å². The number of carbonyl (C=O) groups excluding carboxylic acids is 2. The Morgan fingerprint density at radius 3 is 0.974 bits per heavy atom. The summed E-state index contributed by atoms with van der Waals surface area (Å²) in [6.45, 7) is 3.46. The SMILES string of the molecule is CC(OC(=O)CCCCC(=O)OC(C)(OC1CCCC1)OC1CCCC1)(OC1CCCC1)OC1CCCC1. The zero-order chi connectivity index (χ0) is 26.8. The molecule has 38 heavy (non-hydrogen) atoms. The molecule has 8 heteroatoms. The number of hydrogen-bond donors (Lipinski definition) is 0. The van der Waals surface area contributed by atoms with Gasteiger partial charge in [-0.15, -0.1) is 0 Å². The number of rotatable bonds is 15. The lowest BCUT2D eigenvalue weighted by atomic mass is 10.2. The predicted molar refractivity (Wildman–Crippen MR) is 141 cm³/mol. The molecule has 4 aliphatic carbocycles. The molecule has 0 N–H and O–H groups in total. The molecule has 0 unspecified atom stereocenters. The van der Waals surface area contributed by atoms with Crippen LogP contribution in [0.3, 0.4) is 0 Å². The standard InChI is InChI=1S/C30H50O8/c1-29(33-23-13-3-4-14-23,34-24-15-5-6-16-24)37-27(31)21-11-12-22-28(32)38-30(2,35-25-17-7-8-18-25)36-26-19-9-10-20-26/h23-26H,3-22H2,1-2H3. The van der Waals surface area contributed by atoms with E-state index in [0.29, 0.717) is 12.8 Å². The summed E-state index contributed by atoms with van der Waals surface area (Å²) < 4.78 is 36.2. The minimum atomic E-state index is -1.35. The summed E-state index contributed by atoms with van der Waals surface area (Å²) in [5.74, 6) is -3.43. The highest BCUT2D eigenvalue weighted by Gasteiger charge is 2.40. The molecule has 0 atom stereocenters. The lowest BCUT2D eigenvalue weighted by Gasteiger charge is -2.34. The Bertz CT molecular complexity index is 633. The van der Waals surface area contributed by atoms with E-state index in [1.807, 2.05) is 0 Å². The summed E-state index contributed by atoms with van der Waals surface area (Å²) in [4.78, 5) is 25.5. The quantitative estimate of drug-likeness (QED) is 0.127. The van der Waals surface area contributed by atoms with Gasteiger partial charge in [0.15, 0.2) is 0 Å². The van der Waals surface area contributed by atoms with E-state index in [1.165, 1.54) is 0 Å². The zero-order valence-corrected chi connectivity index (χ0v) is 23.7. The van der Waals surface area contributed by atoms with E-state index < -0.39 is 11.9 Å². The normalized spacial score (nSPS) is 22.5. The minimum Gasteiger partial charge on any atom is -0.408 e. The summed E-state index contributed by atoms with van der Waals surface area (Å²) in [5.41, 5.74) is 0. The van der Waals surface area contributed by atoms with Gasteiger partial charge in [-0.25, -0.2) is 0 Å². The molecule has 218 valence electrons. The second kappa shape index (κ2) is 14.4. The second-order valence-electron chi connectivity index (χ2n) is 12.0. The number of unbranched alkanes of at least 4 members (excludes halogenated alkanes) is 1. The van der Waals surface area contributed by atoms with Crippen LogP contribution in [0.25, 0.3) is 0 Å². The molecule has 0 amide bonds. The van der Waals surface area contributed by atoms with Crippen molar-refractivity contribution in [3.8, 4) is 0 Å². The number of carbonyl (C=O) groups is 2. The molecule has 0 radical (unpaired) electrons. The molecule has 0 aromatic rings. The first-order chi connectivity index (χ1) is 18.3. The van der Waals surface area contributed by atoms with Gasteiger partial charge >= 0.3 is 23.9 Å². The fourth-order valence-corrected chi connectivity index (χ4v) is 6.44. The third-order valence-corrected chi connectivity index (χ3v) is 8.34. The molecule has 4 aliphatic rings. The van der Waals surface area contributed by atoms with E-state index in [2.05, 4.69) is 0 Å². The van der Waals surface area contributed by atoms with Gasteiger partial charge in [-0.1, -0.05) is 51.4 Å². The van der Waals surface area contributed by atoms with Crippen molar-refractivity contribution in [2.24, 2.45) is 0 Å². The zero-order valence-electron chi connectivity index (χ0n) is 23.7. The summed E-state index contributed by atoms with van der Waals surface area (Å²) in [7, 11) is 0. The van der Waals surface area contributed by atoms with Crippen molar-refractivity contribution in [2.75, 3.05) is 0 Å². The Morgan fingerprint density at radius 1 is 0.500 bits per heavy atom. The highest BCUT2D eigenvalue weighted by molar-refractivity contribution is 5.71. The van der Waals surface area contributed by atoms with E-state index in [0.717, 1.165) is 103 Å². The Kier molecular flexibility index (Phi) is 11.3. The van der Waals surface area contributed by atoms with E-state index in [-0.39, 0.29) is 49.2 Å². The topological polar surface area (TPSA) is 89.5 Å². The average molecular weight is 539 g/mol. The van der Waals surface area contributed by atoms with Crippen molar-refractivity contribution in [2.45, 2.75) is 179 Å². The van der Waals surface area contributed by atoms with Crippen LogP contribution in [0.2, 0.25) is 0 Å². The van der Waals surface area contributed by atoms with E-state index in [9.17, 15) is 9.59 Å². The van der Waals surface area contributed by atoms with Crippen LogP contribution in [0.4, 0.5) is 0 Å². The van der Waals surface area contributed by atoms with Gasteiger partial charge in [-0.05, 0) is 64.2 Å². The van der Waals surface area contributed by atoms with Gasteiger partial charge in [0.05, 0.1) is 24.4 Å². The fraction of sp³-hybridized carbons (Fsp3) is 0.933. The smallest absolute Gasteiger partial charge is 0.326 e. The lowest BCUT2D eigenvalue weighted by molar-refractivity contribution is -0.379. The molecule has 8 nitrogen and oxygen atoms in total. The molecule has 4 saturated carbocycles. The highest BCUT2D eigenvalue weighted by Crippen LogP contribution is 2.34. The largest absolute Gasteiger partial charge is 0.408 e. The number of hydrogen-bond acceptors (Lipinski definition) is 8. The molecule has 0 aliphatic heterocycles. The van der Waals surface area contributed by atoms with Crippen molar-refractivity contribution in [1.29, 1.82) is 0 Å². The Labute approximate surface area is 228 Å². The maximum absolute atomic E-state index is 12.7. The Hall–Kier alpha value is -1.22. The van der Waals surface area contributed by atoms with Crippen molar-refractivity contribution >= 4 is 11.9 Å². The molecule has 0 saturated heterocycles. The van der Waals surface area contributed by atoms with Gasteiger partial charge in [0.25, 0.3) is 0 Å². The van der Waals surface area contributed by atoms with Gasteiger partial charge in [-0.3, -0.25) is 9.59 Å². The fourth-order valence-electron chi connectivity index (χ4n) is 6.44. The van der Waals surface area contributed by atoms with Crippen molar-refractivity contribution in [3.05, 3.63) is 0 Å². The van der Waals surface area contributed by atoms with Crippen LogP contribution in [0.15, 0.2) is 0 Å². The summed E-state index contributed by atoms with van der Waals surface area (Å²) in [5, 5.41) is 0. The number of ether oxygens (including phenoxy) is 6. The van der Waals surface area contributed by atoms with Gasteiger partial charge in [0, 0.05) is 26.7 Å². The molecule has 4 fully saturated rings. The second-order valence-corrected chi connectivity index (χ2v) is 12.0. The van der Waals surface area contributed by atoms with Crippen LogP contribution in [-0.2, 0) is 38.0 Å². The molecule has 0 spiro atoms. The molecular weight excluding hydrogens is 488 g/mol. The first kappa shape index (κ1) is 29.8. The van der Waals surface area contributed by atoms with E-state index in [4.69, 9.17) is 28.4 Å². The Balaban J connectivity index is 1.20. The van der Waals surface area contributed by atoms with Crippen LogP contribution in [0, 0.1) is 0 Å². The Morgan fingerprint density at radius 2 is 0.737 bits per heavy atom. The highest BCUT2D eigenvalue weighted by atomic mass is 16.9. The monoisotopic (exact) mass is 538 g/mol. The van der Waals surface area contributed by atoms with Crippen LogP contribution in [0.1, 0.15) is 142 Å². The summed E-state index contributed by atoms with van der Waals surface area (Å²) >= 11 is 0. The van der Waals surface area contributed by atoms with Crippen molar-refractivity contribution in [1.82, 2.24) is 0 Å². The van der Waals surface area contributed by atoms with Gasteiger partial charge in [0.2, 0.25) is 0 Å². The van der Waals surface area contributed by atoms with Gasteiger partial charge in [-0.2, -0.15) is 0 Å². The number of esters is 2. The molecule has 0 aromatic carbocycles. The summed E-state index contributed by atoms with van der Waals surface area (Å²) in [6.07, 6.45) is 18.5. The minimum absolute atomic E-state index is 0.0659. The maximum atomic E-state index is 12.7. The van der Waals surface area contributed by atoms with Gasteiger partial charge in [0.1, 0.15) is 0 Å². The van der Waals surface area contributed by atoms with Crippen LogP contribution in [0.5, 0.6) is 0 Å². The summed E-state index contributed by atoms with van der Waals surface area (Å²) in [6, 6.07) is 0. The van der Waals surface area contributed by atoms with E-state index in [1.54, 1.807) is 13.8 Å². The van der Waals surface area contributed by atoms with Crippen molar-refractivity contribution < 1.29 is 38.0 Å². The molecular formula is C30H50O8. The maximum Gasteiger partial charge on any atom is 0.326 e. The molecule has 0 aromatic heterocycles. The third kappa shape index (κ3) is 9.76. The molecule has 0 heterocycles. The average Bonchev–Trinajstić information content (AvgIpc) is 3.65. The predicted octanol–water partition coefficient (Wildman–Crippen LogP) is 6.82. The third-order valence-electron chi connectivity index (χ3n) is 8.34.